The Balaban J connectivity index is 2.73. The summed E-state index contributed by atoms with van der Waals surface area (Å²) < 4.78 is 23.8. The predicted octanol–water partition coefficient (Wildman–Crippen LogP) is 0.991. The Morgan fingerprint density at radius 1 is 1.59 bits per heavy atom. The zero-order chi connectivity index (χ0) is 12.9. The Morgan fingerprint density at radius 2 is 2.29 bits per heavy atom. The van der Waals surface area contributed by atoms with Crippen LogP contribution in [-0.4, -0.2) is 20.2 Å². The normalized spacial score (nSPS) is 21.9. The first-order valence-corrected chi connectivity index (χ1v) is 7.02. The number of sulfone groups is 1. The Bertz CT molecular complexity index is 481. The van der Waals surface area contributed by atoms with E-state index in [1.54, 1.807) is 43.4 Å². The van der Waals surface area contributed by atoms with E-state index in [1.807, 2.05) is 0 Å². The van der Waals surface area contributed by atoms with Gasteiger partial charge in [-0.3, -0.25) is 0 Å². The summed E-state index contributed by atoms with van der Waals surface area (Å²) in [6.07, 6.45) is 10.5. The second-order valence-corrected chi connectivity index (χ2v) is 6.03. The maximum atomic E-state index is 11.9. The maximum Gasteiger partial charge on any atom is 0.181 e. The highest BCUT2D eigenvalue weighted by Crippen LogP contribution is 2.16. The highest BCUT2D eigenvalue weighted by Gasteiger charge is 2.16. The van der Waals surface area contributed by atoms with Crippen LogP contribution in [0.1, 0.15) is 13.3 Å². The average Bonchev–Trinajstić information content (AvgIpc) is 2.24. The molecule has 0 saturated carbocycles. The van der Waals surface area contributed by atoms with E-state index in [2.05, 4.69) is 0 Å². The minimum Gasteiger partial charge on any atom is -0.402 e. The molecule has 17 heavy (non-hydrogen) atoms. The molecular weight excluding hydrogens is 236 g/mol. The Hall–Kier alpha value is -1.33. The van der Waals surface area contributed by atoms with Gasteiger partial charge in [0.25, 0.3) is 0 Å². The fourth-order valence-electron chi connectivity index (χ4n) is 1.38. The third kappa shape index (κ3) is 4.58. The molecule has 5 heteroatoms. The lowest BCUT2D eigenvalue weighted by Gasteiger charge is -2.11. The first-order valence-electron chi connectivity index (χ1n) is 5.37. The third-order valence-corrected chi connectivity index (χ3v) is 3.86. The molecule has 4 nitrogen and oxygen atoms in total. The molecule has 0 heterocycles. The SMILES string of the molecule is C/C(N)=C/C=C/CS(=O)(=O)C1=CC(N)CC=C1. The van der Waals surface area contributed by atoms with Gasteiger partial charge in [-0.05, 0) is 31.6 Å². The van der Waals surface area contributed by atoms with Gasteiger partial charge in [0.2, 0.25) is 0 Å². The van der Waals surface area contributed by atoms with E-state index in [9.17, 15) is 8.42 Å². The summed E-state index contributed by atoms with van der Waals surface area (Å²) in [7, 11) is -3.28. The number of hydrogen-bond donors (Lipinski definition) is 2. The Kier molecular flexibility index (Phi) is 4.72. The van der Waals surface area contributed by atoms with Crippen molar-refractivity contribution in [3.05, 3.63) is 47.1 Å². The summed E-state index contributed by atoms with van der Waals surface area (Å²) in [5, 5.41) is 0. The summed E-state index contributed by atoms with van der Waals surface area (Å²) in [5.74, 6) is -0.0420. The van der Waals surface area contributed by atoms with Crippen molar-refractivity contribution in [1.29, 1.82) is 0 Å². The molecule has 1 unspecified atom stereocenters. The molecule has 0 aliphatic heterocycles. The van der Waals surface area contributed by atoms with Crippen molar-refractivity contribution < 1.29 is 8.42 Å². The minimum atomic E-state index is -3.28. The lowest BCUT2D eigenvalue weighted by atomic mass is 10.1. The lowest BCUT2D eigenvalue weighted by molar-refractivity contribution is 0.605. The van der Waals surface area contributed by atoms with Crippen LogP contribution in [-0.2, 0) is 9.84 Å². The highest BCUT2D eigenvalue weighted by molar-refractivity contribution is 7.95. The van der Waals surface area contributed by atoms with E-state index in [4.69, 9.17) is 11.5 Å². The molecule has 1 aliphatic rings. The Morgan fingerprint density at radius 3 is 2.88 bits per heavy atom. The van der Waals surface area contributed by atoms with E-state index in [1.165, 1.54) is 0 Å². The van der Waals surface area contributed by atoms with Crippen molar-refractivity contribution in [3.8, 4) is 0 Å². The molecule has 4 N–H and O–H groups in total. The molecule has 1 rings (SSSR count). The van der Waals surface area contributed by atoms with Gasteiger partial charge in [0.1, 0.15) is 0 Å². The van der Waals surface area contributed by atoms with E-state index in [0.717, 1.165) is 0 Å². The van der Waals surface area contributed by atoms with Crippen molar-refractivity contribution in [2.24, 2.45) is 11.5 Å². The van der Waals surface area contributed by atoms with Crippen LogP contribution < -0.4 is 11.5 Å². The molecule has 0 aromatic carbocycles. The number of rotatable bonds is 4. The Labute approximate surface area is 102 Å². The molecule has 0 aromatic heterocycles. The van der Waals surface area contributed by atoms with Gasteiger partial charge in [-0.1, -0.05) is 18.2 Å². The number of hydrogen-bond acceptors (Lipinski definition) is 4. The summed E-state index contributed by atoms with van der Waals surface area (Å²) >= 11 is 0. The van der Waals surface area contributed by atoms with Gasteiger partial charge < -0.3 is 11.5 Å². The second kappa shape index (κ2) is 5.84. The van der Waals surface area contributed by atoms with E-state index in [-0.39, 0.29) is 11.8 Å². The first-order chi connectivity index (χ1) is 7.92. The molecule has 0 amide bonds. The van der Waals surface area contributed by atoms with Crippen LogP contribution in [0.5, 0.6) is 0 Å². The zero-order valence-corrected chi connectivity index (χ0v) is 10.7. The summed E-state index contributed by atoms with van der Waals surface area (Å²) in [5.41, 5.74) is 11.7. The molecule has 0 spiro atoms. The van der Waals surface area contributed by atoms with E-state index in [0.29, 0.717) is 17.0 Å². The van der Waals surface area contributed by atoms with Crippen molar-refractivity contribution >= 4 is 9.84 Å². The number of allylic oxidation sites excluding steroid dienone is 4. The smallest absolute Gasteiger partial charge is 0.181 e. The molecule has 0 saturated heterocycles. The van der Waals surface area contributed by atoms with Gasteiger partial charge >= 0.3 is 0 Å². The van der Waals surface area contributed by atoms with Gasteiger partial charge in [0.05, 0.1) is 10.7 Å². The first kappa shape index (κ1) is 13.7. The minimum absolute atomic E-state index is 0.0420. The van der Waals surface area contributed by atoms with Crippen molar-refractivity contribution in [1.82, 2.24) is 0 Å². The largest absolute Gasteiger partial charge is 0.402 e. The summed E-state index contributed by atoms with van der Waals surface area (Å²) in [6, 6.07) is -0.208. The zero-order valence-electron chi connectivity index (χ0n) is 9.84. The molecule has 1 atom stereocenters. The van der Waals surface area contributed by atoms with Crippen LogP contribution in [0.15, 0.2) is 47.1 Å². The third-order valence-electron chi connectivity index (χ3n) is 2.24. The van der Waals surface area contributed by atoms with Crippen molar-refractivity contribution in [2.45, 2.75) is 19.4 Å². The van der Waals surface area contributed by atoms with Gasteiger partial charge in [-0.25, -0.2) is 8.42 Å². The molecule has 0 aromatic rings. The predicted molar refractivity (Wildman–Crippen MR) is 70.7 cm³/mol. The van der Waals surface area contributed by atoms with Gasteiger partial charge in [0.15, 0.2) is 9.84 Å². The fraction of sp³-hybridized carbons (Fsp3) is 0.333. The van der Waals surface area contributed by atoms with Gasteiger partial charge in [0, 0.05) is 11.7 Å². The van der Waals surface area contributed by atoms with Crippen molar-refractivity contribution in [2.75, 3.05) is 5.75 Å². The van der Waals surface area contributed by atoms with E-state index < -0.39 is 9.84 Å². The molecule has 0 bridgehead atoms. The quantitative estimate of drug-likeness (QED) is 0.733. The standard InChI is InChI=1S/C12H18N2O2S/c1-10(13)5-2-3-8-17(15,16)12-7-4-6-11(14)9-12/h2-5,7,9,11H,6,8,13-14H2,1H3/b3-2+,10-5-. The van der Waals surface area contributed by atoms with Crippen LogP contribution in [0.2, 0.25) is 0 Å². The molecular formula is C12H18N2O2S. The number of nitrogens with two attached hydrogens (primary N) is 2. The topological polar surface area (TPSA) is 86.2 Å². The maximum absolute atomic E-state index is 11.9. The van der Waals surface area contributed by atoms with Crippen LogP contribution >= 0.6 is 0 Å². The van der Waals surface area contributed by atoms with Gasteiger partial charge in [-0.2, -0.15) is 0 Å². The average molecular weight is 254 g/mol. The van der Waals surface area contributed by atoms with Crippen LogP contribution in [0.3, 0.4) is 0 Å². The molecule has 1 aliphatic carbocycles. The van der Waals surface area contributed by atoms with Crippen LogP contribution in [0.25, 0.3) is 0 Å². The van der Waals surface area contributed by atoms with Gasteiger partial charge in [-0.15, -0.1) is 0 Å². The lowest BCUT2D eigenvalue weighted by Crippen LogP contribution is -2.20. The fourth-order valence-corrected chi connectivity index (χ4v) is 2.62. The summed E-state index contributed by atoms with van der Waals surface area (Å²) in [6.45, 7) is 1.74. The van der Waals surface area contributed by atoms with Crippen molar-refractivity contribution in [3.63, 3.8) is 0 Å². The van der Waals surface area contributed by atoms with Crippen LogP contribution in [0.4, 0.5) is 0 Å². The molecule has 0 radical (unpaired) electrons. The second-order valence-electron chi connectivity index (χ2n) is 3.99. The summed E-state index contributed by atoms with van der Waals surface area (Å²) in [4.78, 5) is 0.300. The molecule has 94 valence electrons. The molecule has 0 fully saturated rings. The highest BCUT2D eigenvalue weighted by atomic mass is 32.2. The van der Waals surface area contributed by atoms with E-state index >= 15 is 0 Å². The monoisotopic (exact) mass is 254 g/mol. The van der Waals surface area contributed by atoms with Crippen LogP contribution in [0, 0.1) is 0 Å².